The molecule has 0 unspecified atom stereocenters. The van der Waals surface area contributed by atoms with Gasteiger partial charge in [-0.1, -0.05) is 44.2 Å². The molecule has 0 aromatic heterocycles. The Hall–Kier alpha value is -2.80. The monoisotopic (exact) mass is 431 g/mol. The third kappa shape index (κ3) is 8.29. The zero-order valence-corrected chi connectivity index (χ0v) is 18.4. The summed E-state index contributed by atoms with van der Waals surface area (Å²) in [7, 11) is -3.45. The van der Waals surface area contributed by atoms with Gasteiger partial charge in [-0.2, -0.15) is 0 Å². The lowest BCUT2D eigenvalue weighted by Crippen LogP contribution is -2.17. The molecule has 0 saturated heterocycles. The lowest BCUT2D eigenvalue weighted by atomic mass is 10.1. The summed E-state index contributed by atoms with van der Waals surface area (Å²) < 4.78 is 33.4. The van der Waals surface area contributed by atoms with E-state index in [9.17, 15) is 13.2 Å². The van der Waals surface area contributed by atoms with Gasteiger partial charge >= 0.3 is 5.97 Å². The van der Waals surface area contributed by atoms with Crippen LogP contribution in [0, 0.1) is 12.8 Å². The topological polar surface area (TPSA) is 92.7 Å². The zero-order valence-electron chi connectivity index (χ0n) is 17.6. The number of aliphatic carboxylic acids is 1. The Bertz CT molecular complexity index is 979. The number of anilines is 1. The molecular weight excluding hydrogens is 402 g/mol. The Morgan fingerprint density at radius 1 is 1.17 bits per heavy atom. The molecule has 0 saturated carbocycles. The summed E-state index contributed by atoms with van der Waals surface area (Å²) in [6, 6.07) is 12.6. The maximum atomic E-state index is 12.4. The third-order valence-corrected chi connectivity index (χ3v) is 5.75. The van der Waals surface area contributed by atoms with Gasteiger partial charge in [0.05, 0.1) is 11.4 Å². The van der Waals surface area contributed by atoms with E-state index in [0.29, 0.717) is 23.8 Å². The maximum Gasteiger partial charge on any atom is 0.328 e. The minimum absolute atomic E-state index is 0.0732. The van der Waals surface area contributed by atoms with E-state index in [1.165, 1.54) is 6.08 Å². The van der Waals surface area contributed by atoms with Crippen molar-refractivity contribution >= 4 is 27.8 Å². The van der Waals surface area contributed by atoms with Crippen LogP contribution in [0.1, 0.15) is 43.4 Å². The van der Waals surface area contributed by atoms with Gasteiger partial charge < -0.3 is 9.84 Å². The number of rotatable bonds is 11. The molecule has 0 aliphatic heterocycles. The predicted molar refractivity (Wildman–Crippen MR) is 120 cm³/mol. The molecule has 0 aliphatic carbocycles. The van der Waals surface area contributed by atoms with Crippen LogP contribution in [-0.4, -0.2) is 25.2 Å². The van der Waals surface area contributed by atoms with E-state index in [1.54, 1.807) is 24.3 Å². The highest BCUT2D eigenvalue weighted by Gasteiger charge is 2.14. The SMILES string of the molecule is Cc1ccc(NS(=O)(=O)CCCC(C)C)c(OCc2ccc(C=CC(=O)O)cc2)c1. The molecule has 0 atom stereocenters. The van der Waals surface area contributed by atoms with Crippen LogP contribution in [0.25, 0.3) is 6.08 Å². The van der Waals surface area contributed by atoms with E-state index in [1.807, 2.05) is 25.1 Å². The molecule has 30 heavy (non-hydrogen) atoms. The Kier molecular flexibility index (Phi) is 8.47. The van der Waals surface area contributed by atoms with Crippen LogP contribution in [0.15, 0.2) is 48.5 Å². The first-order valence-electron chi connectivity index (χ1n) is 9.88. The summed E-state index contributed by atoms with van der Waals surface area (Å²) in [5, 5.41) is 8.69. The van der Waals surface area contributed by atoms with Crippen LogP contribution in [0.3, 0.4) is 0 Å². The van der Waals surface area contributed by atoms with Crippen molar-refractivity contribution in [1.82, 2.24) is 0 Å². The maximum absolute atomic E-state index is 12.4. The summed E-state index contributed by atoms with van der Waals surface area (Å²) in [6.45, 7) is 6.31. The molecule has 2 rings (SSSR count). The smallest absolute Gasteiger partial charge is 0.328 e. The third-order valence-electron chi connectivity index (χ3n) is 4.39. The second-order valence-electron chi connectivity index (χ2n) is 7.66. The quantitative estimate of drug-likeness (QED) is 0.496. The van der Waals surface area contributed by atoms with Gasteiger partial charge in [0.25, 0.3) is 0 Å². The van der Waals surface area contributed by atoms with Crippen molar-refractivity contribution in [2.24, 2.45) is 5.92 Å². The van der Waals surface area contributed by atoms with E-state index in [0.717, 1.165) is 29.2 Å². The van der Waals surface area contributed by atoms with Crippen LogP contribution < -0.4 is 9.46 Å². The van der Waals surface area contributed by atoms with Gasteiger partial charge in [-0.25, -0.2) is 13.2 Å². The van der Waals surface area contributed by atoms with E-state index in [4.69, 9.17) is 9.84 Å². The molecule has 2 aromatic rings. The van der Waals surface area contributed by atoms with Gasteiger partial charge in [0.15, 0.2) is 0 Å². The van der Waals surface area contributed by atoms with Crippen LogP contribution >= 0.6 is 0 Å². The fourth-order valence-electron chi connectivity index (χ4n) is 2.79. The van der Waals surface area contributed by atoms with Crippen LogP contribution in [-0.2, 0) is 21.4 Å². The first-order valence-corrected chi connectivity index (χ1v) is 11.5. The molecule has 6 nitrogen and oxygen atoms in total. The van der Waals surface area contributed by atoms with Crippen molar-refractivity contribution in [1.29, 1.82) is 0 Å². The molecule has 0 heterocycles. The number of ether oxygens (including phenoxy) is 1. The molecule has 0 amide bonds. The van der Waals surface area contributed by atoms with E-state index >= 15 is 0 Å². The Morgan fingerprint density at radius 2 is 1.87 bits per heavy atom. The molecule has 0 spiro atoms. The molecule has 2 N–H and O–H groups in total. The molecular formula is C23H29NO5S. The molecule has 0 fully saturated rings. The van der Waals surface area contributed by atoms with E-state index < -0.39 is 16.0 Å². The van der Waals surface area contributed by atoms with E-state index in [2.05, 4.69) is 18.6 Å². The van der Waals surface area contributed by atoms with Crippen molar-refractivity contribution in [3.63, 3.8) is 0 Å². The average molecular weight is 432 g/mol. The van der Waals surface area contributed by atoms with Gasteiger partial charge in [-0.3, -0.25) is 4.72 Å². The van der Waals surface area contributed by atoms with Gasteiger partial charge in [-0.05, 0) is 60.6 Å². The summed E-state index contributed by atoms with van der Waals surface area (Å²) in [5.41, 5.74) is 3.04. The normalized spacial score (nSPS) is 11.7. The largest absolute Gasteiger partial charge is 0.487 e. The highest BCUT2D eigenvalue weighted by atomic mass is 32.2. The number of aryl methyl sites for hydroxylation is 1. The summed E-state index contributed by atoms with van der Waals surface area (Å²) in [6.07, 6.45) is 4.06. The van der Waals surface area contributed by atoms with Crippen molar-refractivity contribution in [2.75, 3.05) is 10.5 Å². The van der Waals surface area contributed by atoms with Crippen molar-refractivity contribution < 1.29 is 23.1 Å². The summed E-state index contributed by atoms with van der Waals surface area (Å²) in [5.74, 6) is 0.00639. The molecule has 0 bridgehead atoms. The van der Waals surface area contributed by atoms with Crippen LogP contribution in [0.5, 0.6) is 5.75 Å². The number of nitrogens with one attached hydrogen (secondary N) is 1. The number of carboxylic acids is 1. The standard InChI is InChI=1S/C23H29NO5S/c1-17(2)5-4-14-30(27,28)24-21-12-6-18(3)15-22(21)29-16-20-9-7-19(8-10-20)11-13-23(25)26/h6-13,15,17,24H,4-5,14,16H2,1-3H3,(H,25,26). The van der Waals surface area contributed by atoms with Gasteiger partial charge in [-0.15, -0.1) is 0 Å². The van der Waals surface area contributed by atoms with E-state index in [-0.39, 0.29) is 12.4 Å². The first-order chi connectivity index (χ1) is 14.1. The van der Waals surface area contributed by atoms with Crippen molar-refractivity contribution in [3.8, 4) is 5.75 Å². The number of benzene rings is 2. The highest BCUT2D eigenvalue weighted by molar-refractivity contribution is 7.92. The molecule has 162 valence electrons. The van der Waals surface area contributed by atoms with Crippen molar-refractivity contribution in [3.05, 3.63) is 65.2 Å². The van der Waals surface area contributed by atoms with Crippen molar-refractivity contribution in [2.45, 2.75) is 40.2 Å². The number of carbonyl (C=O) groups is 1. The second kappa shape index (κ2) is 10.8. The van der Waals surface area contributed by atoms with Gasteiger partial charge in [0, 0.05) is 6.08 Å². The Labute approximate surface area is 178 Å². The van der Waals surface area contributed by atoms with Gasteiger partial charge in [0.2, 0.25) is 10.0 Å². The zero-order chi connectivity index (χ0) is 22.1. The van der Waals surface area contributed by atoms with Crippen LogP contribution in [0.4, 0.5) is 5.69 Å². The highest BCUT2D eigenvalue weighted by Crippen LogP contribution is 2.28. The predicted octanol–water partition coefficient (Wildman–Crippen LogP) is 4.85. The lowest BCUT2D eigenvalue weighted by molar-refractivity contribution is -0.131. The van der Waals surface area contributed by atoms with Gasteiger partial charge in [0.1, 0.15) is 12.4 Å². The Morgan fingerprint density at radius 3 is 2.50 bits per heavy atom. The number of hydrogen-bond acceptors (Lipinski definition) is 4. The molecule has 7 heteroatoms. The second-order valence-corrected chi connectivity index (χ2v) is 9.50. The minimum atomic E-state index is -3.45. The number of sulfonamides is 1. The number of hydrogen-bond donors (Lipinski definition) is 2. The fourth-order valence-corrected chi connectivity index (χ4v) is 3.94. The summed E-state index contributed by atoms with van der Waals surface area (Å²) in [4.78, 5) is 10.6. The van der Waals surface area contributed by atoms with Crippen LogP contribution in [0.2, 0.25) is 0 Å². The molecule has 0 aliphatic rings. The fraction of sp³-hybridized carbons (Fsp3) is 0.348. The average Bonchev–Trinajstić information content (AvgIpc) is 2.66. The minimum Gasteiger partial charge on any atom is -0.487 e. The first kappa shape index (κ1) is 23.5. The lowest BCUT2D eigenvalue weighted by Gasteiger charge is -2.15. The summed E-state index contributed by atoms with van der Waals surface area (Å²) >= 11 is 0. The molecule has 0 radical (unpaired) electrons. The molecule has 2 aromatic carbocycles. The number of carboxylic acid groups (broad SMARTS) is 1. The Balaban J connectivity index is 2.05.